The normalized spacial score (nSPS) is 15.9. The second kappa shape index (κ2) is 12.0. The molecule has 0 amide bonds. The van der Waals surface area contributed by atoms with Crippen LogP contribution < -0.4 is 5.32 Å². The second-order valence-electron chi connectivity index (χ2n) is 6.17. The van der Waals surface area contributed by atoms with Crippen LogP contribution in [0, 0.1) is 6.92 Å². The summed E-state index contributed by atoms with van der Waals surface area (Å²) in [5.74, 6) is 0.910. The monoisotopic (exact) mass is 466 g/mol. The van der Waals surface area contributed by atoms with Gasteiger partial charge in [0.05, 0.1) is 23.4 Å². The molecule has 5 nitrogen and oxygen atoms in total. The van der Waals surface area contributed by atoms with E-state index in [-0.39, 0.29) is 24.0 Å². The summed E-state index contributed by atoms with van der Waals surface area (Å²) in [6.45, 7) is 4.54. The lowest BCUT2D eigenvalue weighted by molar-refractivity contribution is 0.0276. The molecule has 0 radical (unpaired) electrons. The molecule has 1 N–H and O–H groups in total. The third kappa shape index (κ3) is 7.65. The zero-order valence-corrected chi connectivity index (χ0v) is 18.2. The molecular formula is C17H31IN4OS. The highest BCUT2D eigenvalue weighted by Gasteiger charge is 2.13. The van der Waals surface area contributed by atoms with E-state index in [1.807, 2.05) is 21.0 Å². The maximum atomic E-state index is 5.96. The fourth-order valence-corrected chi connectivity index (χ4v) is 3.54. The van der Waals surface area contributed by atoms with Crippen molar-refractivity contribution in [2.75, 3.05) is 27.2 Å². The molecule has 24 heavy (non-hydrogen) atoms. The van der Waals surface area contributed by atoms with Gasteiger partial charge in [-0.3, -0.25) is 4.99 Å². The van der Waals surface area contributed by atoms with Crippen molar-refractivity contribution in [1.82, 2.24) is 15.2 Å². The number of guanidine groups is 1. The van der Waals surface area contributed by atoms with E-state index in [0.29, 0.717) is 6.10 Å². The number of aliphatic imine (C=N–C) groups is 1. The first kappa shape index (κ1) is 21.6. The molecule has 0 spiro atoms. The van der Waals surface area contributed by atoms with Gasteiger partial charge in [0, 0.05) is 32.6 Å². The van der Waals surface area contributed by atoms with Crippen LogP contribution in [-0.4, -0.2) is 49.2 Å². The maximum Gasteiger partial charge on any atom is 0.193 e. The molecule has 0 aliphatic heterocycles. The topological polar surface area (TPSA) is 49.8 Å². The molecule has 2 rings (SSSR count). The largest absolute Gasteiger partial charge is 0.378 e. The first-order chi connectivity index (χ1) is 11.2. The van der Waals surface area contributed by atoms with Gasteiger partial charge in [-0.2, -0.15) is 0 Å². The summed E-state index contributed by atoms with van der Waals surface area (Å²) in [7, 11) is 3.87. The van der Waals surface area contributed by atoms with Crippen LogP contribution in [0.1, 0.15) is 49.2 Å². The van der Waals surface area contributed by atoms with E-state index >= 15 is 0 Å². The molecule has 0 aromatic carbocycles. The second-order valence-corrected chi connectivity index (χ2v) is 7.23. The van der Waals surface area contributed by atoms with E-state index in [2.05, 4.69) is 25.6 Å². The average Bonchev–Trinajstić information content (AvgIpc) is 2.96. The van der Waals surface area contributed by atoms with Gasteiger partial charge < -0.3 is 15.0 Å². The summed E-state index contributed by atoms with van der Waals surface area (Å²) >= 11 is 1.69. The average molecular weight is 466 g/mol. The third-order valence-electron chi connectivity index (χ3n) is 4.15. The molecule has 1 aliphatic carbocycles. The minimum atomic E-state index is 0. The molecule has 1 aromatic heterocycles. The Kier molecular flexibility index (Phi) is 10.8. The Hall–Kier alpha value is -0.410. The fraction of sp³-hybridized carbons (Fsp3) is 0.765. The summed E-state index contributed by atoms with van der Waals surface area (Å²) in [6.07, 6.45) is 8.03. The van der Waals surface area contributed by atoms with Gasteiger partial charge in [0.15, 0.2) is 5.96 Å². The smallest absolute Gasteiger partial charge is 0.193 e. The number of thiazole rings is 1. The van der Waals surface area contributed by atoms with Gasteiger partial charge >= 0.3 is 0 Å². The number of hydrogen-bond donors (Lipinski definition) is 1. The molecule has 7 heteroatoms. The highest BCUT2D eigenvalue weighted by atomic mass is 127. The van der Waals surface area contributed by atoms with Gasteiger partial charge in [0.1, 0.15) is 0 Å². The summed E-state index contributed by atoms with van der Waals surface area (Å²) in [4.78, 5) is 11.0. The minimum Gasteiger partial charge on any atom is -0.378 e. The SMILES string of the molecule is CN=C(NCCCOC1CCCCC1)N(C)Cc1csc(C)n1.I. The Balaban J connectivity index is 0.00000288. The Bertz CT molecular complexity index is 489. The molecule has 1 aliphatic rings. The van der Waals surface area contributed by atoms with Gasteiger partial charge in [0.25, 0.3) is 0 Å². The van der Waals surface area contributed by atoms with Gasteiger partial charge in [-0.15, -0.1) is 35.3 Å². The third-order valence-corrected chi connectivity index (χ3v) is 4.97. The molecule has 1 aromatic rings. The number of aryl methyl sites for hydroxylation is 1. The Morgan fingerprint density at radius 3 is 2.79 bits per heavy atom. The number of aromatic nitrogens is 1. The zero-order valence-electron chi connectivity index (χ0n) is 15.1. The van der Waals surface area contributed by atoms with Crippen LogP contribution in [0.5, 0.6) is 0 Å². The predicted molar refractivity (Wildman–Crippen MR) is 113 cm³/mol. The van der Waals surface area contributed by atoms with Crippen LogP contribution in [0.2, 0.25) is 0 Å². The highest BCUT2D eigenvalue weighted by Crippen LogP contribution is 2.20. The Morgan fingerprint density at radius 1 is 1.42 bits per heavy atom. The summed E-state index contributed by atoms with van der Waals surface area (Å²) in [6, 6.07) is 0. The molecule has 0 unspecified atom stereocenters. The van der Waals surface area contributed by atoms with Crippen LogP contribution in [0.3, 0.4) is 0 Å². The van der Waals surface area contributed by atoms with E-state index in [1.165, 1.54) is 32.1 Å². The Labute approximate surface area is 167 Å². The number of ether oxygens (including phenoxy) is 1. The van der Waals surface area contributed by atoms with E-state index < -0.39 is 0 Å². The number of nitrogens with one attached hydrogen (secondary N) is 1. The molecule has 0 atom stereocenters. The van der Waals surface area contributed by atoms with Gasteiger partial charge in [-0.05, 0) is 26.2 Å². The van der Waals surface area contributed by atoms with E-state index in [4.69, 9.17) is 4.74 Å². The molecule has 138 valence electrons. The summed E-state index contributed by atoms with van der Waals surface area (Å²) in [5.41, 5.74) is 1.10. The lowest BCUT2D eigenvalue weighted by Crippen LogP contribution is -2.39. The quantitative estimate of drug-likeness (QED) is 0.287. The molecule has 1 saturated carbocycles. The van der Waals surface area contributed by atoms with Gasteiger partial charge in [-0.1, -0.05) is 19.3 Å². The lowest BCUT2D eigenvalue weighted by Gasteiger charge is -2.23. The van der Waals surface area contributed by atoms with Crippen molar-refractivity contribution in [3.8, 4) is 0 Å². The van der Waals surface area contributed by atoms with Crippen molar-refractivity contribution in [1.29, 1.82) is 0 Å². The van der Waals surface area contributed by atoms with Crippen LogP contribution in [0.15, 0.2) is 10.4 Å². The number of nitrogens with zero attached hydrogens (tertiary/aromatic N) is 3. The molecule has 1 heterocycles. The van der Waals surface area contributed by atoms with Crippen LogP contribution in [0.25, 0.3) is 0 Å². The van der Waals surface area contributed by atoms with Crippen molar-refractivity contribution < 1.29 is 4.74 Å². The molecular weight excluding hydrogens is 435 g/mol. The van der Waals surface area contributed by atoms with Crippen LogP contribution >= 0.6 is 35.3 Å². The number of hydrogen-bond acceptors (Lipinski definition) is 4. The summed E-state index contributed by atoms with van der Waals surface area (Å²) in [5, 5.41) is 6.62. The predicted octanol–water partition coefficient (Wildman–Crippen LogP) is 3.82. The number of halogens is 1. The van der Waals surface area contributed by atoms with Gasteiger partial charge in [0.2, 0.25) is 0 Å². The van der Waals surface area contributed by atoms with Crippen LogP contribution in [0.4, 0.5) is 0 Å². The van der Waals surface area contributed by atoms with Gasteiger partial charge in [-0.25, -0.2) is 4.98 Å². The number of rotatable bonds is 7. The molecule has 1 fully saturated rings. The Morgan fingerprint density at radius 2 is 2.17 bits per heavy atom. The van der Waals surface area contributed by atoms with Crippen molar-refractivity contribution in [2.45, 2.75) is 58.1 Å². The molecule has 0 saturated heterocycles. The first-order valence-corrected chi connectivity index (χ1v) is 9.51. The highest BCUT2D eigenvalue weighted by molar-refractivity contribution is 14.0. The summed E-state index contributed by atoms with van der Waals surface area (Å²) < 4.78 is 5.96. The minimum absolute atomic E-state index is 0. The van der Waals surface area contributed by atoms with Crippen molar-refractivity contribution >= 4 is 41.3 Å². The van der Waals surface area contributed by atoms with Crippen molar-refractivity contribution in [3.63, 3.8) is 0 Å². The van der Waals surface area contributed by atoms with E-state index in [1.54, 1.807) is 11.3 Å². The van der Waals surface area contributed by atoms with Crippen molar-refractivity contribution in [3.05, 3.63) is 16.1 Å². The van der Waals surface area contributed by atoms with E-state index in [0.717, 1.165) is 42.8 Å². The zero-order chi connectivity index (χ0) is 16.5. The first-order valence-electron chi connectivity index (χ1n) is 8.63. The van der Waals surface area contributed by atoms with Crippen molar-refractivity contribution in [2.24, 2.45) is 4.99 Å². The fourth-order valence-electron chi connectivity index (χ4n) is 2.94. The van der Waals surface area contributed by atoms with Crippen LogP contribution in [-0.2, 0) is 11.3 Å². The lowest BCUT2D eigenvalue weighted by atomic mass is 9.98. The van der Waals surface area contributed by atoms with E-state index in [9.17, 15) is 0 Å². The standard InChI is InChI=1S/C17H30N4OS.HI/c1-14-20-15(13-23-14)12-21(3)17(18-2)19-10-7-11-22-16-8-5-4-6-9-16;/h13,16H,4-12H2,1-3H3,(H,18,19);1H. The molecule has 0 bridgehead atoms. The maximum absolute atomic E-state index is 5.96.